The summed E-state index contributed by atoms with van der Waals surface area (Å²) in [5.74, 6) is 0.781. The zero-order chi connectivity index (χ0) is 15.7. The zero-order valence-corrected chi connectivity index (χ0v) is 14.8. The maximum absolute atomic E-state index is 12.5. The van der Waals surface area contributed by atoms with E-state index in [1.54, 1.807) is 6.07 Å². The van der Waals surface area contributed by atoms with Gasteiger partial charge in [0, 0.05) is 25.7 Å². The van der Waals surface area contributed by atoms with Crippen LogP contribution in [0.1, 0.15) is 42.8 Å². The van der Waals surface area contributed by atoms with Crippen molar-refractivity contribution in [2.75, 3.05) is 19.6 Å². The van der Waals surface area contributed by atoms with Gasteiger partial charge in [-0.15, -0.1) is 11.3 Å². The Morgan fingerprint density at radius 2 is 2.23 bits per heavy atom. The van der Waals surface area contributed by atoms with E-state index in [9.17, 15) is 4.79 Å². The Bertz CT molecular complexity index is 537. The molecular weight excluding hydrogens is 318 g/mol. The summed E-state index contributed by atoms with van der Waals surface area (Å²) in [6, 6.07) is 2.34. The normalized spacial score (nSPS) is 24.4. The number of hydrogen-bond acceptors (Lipinski definition) is 4. The number of thiophene rings is 1. The molecule has 0 aliphatic carbocycles. The molecule has 6 heteroatoms. The van der Waals surface area contributed by atoms with Crippen LogP contribution in [-0.2, 0) is 0 Å². The molecule has 2 N–H and O–H groups in total. The molecule has 3 rings (SSSR count). The molecule has 1 unspecified atom stereocenters. The summed E-state index contributed by atoms with van der Waals surface area (Å²) in [6.07, 6.45) is 3.11. The Labute approximate surface area is 141 Å². The molecule has 2 fully saturated rings. The van der Waals surface area contributed by atoms with Crippen molar-refractivity contribution in [1.82, 2.24) is 15.5 Å². The van der Waals surface area contributed by atoms with Crippen LogP contribution in [0, 0.1) is 5.92 Å². The maximum atomic E-state index is 12.5. The molecule has 1 amide bonds. The smallest absolute Gasteiger partial charge is 0.265 e. The molecule has 0 saturated carbocycles. The lowest BCUT2D eigenvalue weighted by Crippen LogP contribution is -2.58. The molecule has 4 nitrogen and oxygen atoms in total. The zero-order valence-electron chi connectivity index (χ0n) is 13.2. The van der Waals surface area contributed by atoms with Crippen LogP contribution in [0.25, 0.3) is 0 Å². The third kappa shape index (κ3) is 3.32. The lowest BCUT2D eigenvalue weighted by Gasteiger charge is -2.40. The Balaban J connectivity index is 1.57. The minimum Gasteiger partial charge on any atom is -0.338 e. The predicted octanol–water partition coefficient (Wildman–Crippen LogP) is 2.94. The van der Waals surface area contributed by atoms with Crippen molar-refractivity contribution in [3.05, 3.63) is 21.3 Å². The molecule has 2 aliphatic heterocycles. The van der Waals surface area contributed by atoms with E-state index < -0.39 is 0 Å². The van der Waals surface area contributed by atoms with E-state index >= 15 is 0 Å². The first-order valence-corrected chi connectivity index (χ1v) is 9.30. The third-order valence-corrected chi connectivity index (χ3v) is 5.97. The van der Waals surface area contributed by atoms with Gasteiger partial charge < -0.3 is 4.90 Å². The average Bonchev–Trinajstić information content (AvgIpc) is 3.06. The Kier molecular flexibility index (Phi) is 4.78. The molecule has 1 spiro atoms. The third-order valence-electron chi connectivity index (χ3n) is 4.64. The molecule has 1 aromatic heterocycles. The van der Waals surface area contributed by atoms with Crippen LogP contribution in [0.4, 0.5) is 0 Å². The van der Waals surface area contributed by atoms with Gasteiger partial charge in [-0.2, -0.15) is 0 Å². The highest BCUT2D eigenvalue weighted by molar-refractivity contribution is 7.12. The highest BCUT2D eigenvalue weighted by Crippen LogP contribution is 2.29. The fourth-order valence-electron chi connectivity index (χ4n) is 3.53. The van der Waals surface area contributed by atoms with Gasteiger partial charge in [0.25, 0.3) is 5.91 Å². The molecule has 122 valence electrons. The minimum atomic E-state index is 0.0234. The number of nitrogens with zero attached hydrogens (tertiary/aromatic N) is 1. The number of amides is 1. The number of carbonyl (C=O) groups excluding carboxylic acids is 1. The SMILES string of the molecule is CC(C)CC1CNC2(CCN(C(=O)c3sccc3Cl)CC2)N1. The summed E-state index contributed by atoms with van der Waals surface area (Å²) < 4.78 is 0. The van der Waals surface area contributed by atoms with Gasteiger partial charge in [0.15, 0.2) is 0 Å². The van der Waals surface area contributed by atoms with Crippen molar-refractivity contribution in [2.24, 2.45) is 5.92 Å². The van der Waals surface area contributed by atoms with Crippen LogP contribution < -0.4 is 10.6 Å². The van der Waals surface area contributed by atoms with Crippen molar-refractivity contribution < 1.29 is 4.79 Å². The van der Waals surface area contributed by atoms with Crippen molar-refractivity contribution >= 4 is 28.8 Å². The van der Waals surface area contributed by atoms with E-state index in [0.717, 1.165) is 32.5 Å². The van der Waals surface area contributed by atoms with Crippen LogP contribution >= 0.6 is 22.9 Å². The van der Waals surface area contributed by atoms with Crippen molar-refractivity contribution in [3.8, 4) is 0 Å². The van der Waals surface area contributed by atoms with Crippen LogP contribution in [-0.4, -0.2) is 42.1 Å². The Morgan fingerprint density at radius 3 is 2.82 bits per heavy atom. The maximum Gasteiger partial charge on any atom is 0.265 e. The van der Waals surface area contributed by atoms with Gasteiger partial charge in [-0.3, -0.25) is 15.4 Å². The van der Waals surface area contributed by atoms with Crippen molar-refractivity contribution in [2.45, 2.75) is 44.8 Å². The lowest BCUT2D eigenvalue weighted by molar-refractivity contribution is 0.0639. The number of carbonyl (C=O) groups is 1. The predicted molar refractivity (Wildman–Crippen MR) is 91.6 cm³/mol. The first-order valence-electron chi connectivity index (χ1n) is 8.04. The molecule has 22 heavy (non-hydrogen) atoms. The van der Waals surface area contributed by atoms with E-state index in [1.165, 1.54) is 17.8 Å². The first kappa shape index (κ1) is 16.2. The topological polar surface area (TPSA) is 44.4 Å². The lowest BCUT2D eigenvalue weighted by atomic mass is 9.97. The van der Waals surface area contributed by atoms with E-state index in [0.29, 0.717) is 21.9 Å². The van der Waals surface area contributed by atoms with Crippen molar-refractivity contribution in [3.63, 3.8) is 0 Å². The molecule has 0 bridgehead atoms. The summed E-state index contributed by atoms with van der Waals surface area (Å²) in [5, 5.41) is 9.88. The number of hydrogen-bond donors (Lipinski definition) is 2. The highest BCUT2D eigenvalue weighted by Gasteiger charge is 2.41. The average molecular weight is 342 g/mol. The molecule has 2 aliphatic rings. The minimum absolute atomic E-state index is 0.0234. The quantitative estimate of drug-likeness (QED) is 0.888. The van der Waals surface area contributed by atoms with Crippen LogP contribution in [0.15, 0.2) is 11.4 Å². The number of rotatable bonds is 3. The fraction of sp³-hybridized carbons (Fsp3) is 0.688. The summed E-state index contributed by atoms with van der Waals surface area (Å²) in [7, 11) is 0. The first-order chi connectivity index (χ1) is 10.5. The highest BCUT2D eigenvalue weighted by atomic mass is 35.5. The summed E-state index contributed by atoms with van der Waals surface area (Å²) in [6.45, 7) is 7.11. The molecule has 0 aromatic carbocycles. The summed E-state index contributed by atoms with van der Waals surface area (Å²) in [4.78, 5) is 15.1. The summed E-state index contributed by atoms with van der Waals surface area (Å²) >= 11 is 7.51. The number of likely N-dealkylation sites (tertiary alicyclic amines) is 1. The second kappa shape index (κ2) is 6.48. The fourth-order valence-corrected chi connectivity index (χ4v) is 4.63. The molecule has 0 radical (unpaired) electrons. The van der Waals surface area contributed by atoms with Gasteiger partial charge in [-0.05, 0) is 36.6 Å². The van der Waals surface area contributed by atoms with E-state index in [-0.39, 0.29) is 11.6 Å². The second-order valence-electron chi connectivity index (χ2n) is 6.82. The van der Waals surface area contributed by atoms with E-state index in [1.807, 2.05) is 10.3 Å². The number of halogens is 1. The largest absolute Gasteiger partial charge is 0.338 e. The Morgan fingerprint density at radius 1 is 1.50 bits per heavy atom. The van der Waals surface area contributed by atoms with Gasteiger partial charge in [0.1, 0.15) is 4.88 Å². The summed E-state index contributed by atoms with van der Waals surface area (Å²) in [5.41, 5.74) is 0.0234. The van der Waals surface area contributed by atoms with Crippen molar-refractivity contribution in [1.29, 1.82) is 0 Å². The van der Waals surface area contributed by atoms with Crippen LogP contribution in [0.3, 0.4) is 0 Å². The molecule has 2 saturated heterocycles. The molecule has 1 aromatic rings. The van der Waals surface area contributed by atoms with Gasteiger partial charge in [-0.25, -0.2) is 0 Å². The van der Waals surface area contributed by atoms with Gasteiger partial charge in [0.05, 0.1) is 10.7 Å². The van der Waals surface area contributed by atoms with Gasteiger partial charge in [0.2, 0.25) is 0 Å². The van der Waals surface area contributed by atoms with Crippen LogP contribution in [0.2, 0.25) is 5.02 Å². The monoisotopic (exact) mass is 341 g/mol. The molecular formula is C16H24ClN3OS. The van der Waals surface area contributed by atoms with Crippen LogP contribution in [0.5, 0.6) is 0 Å². The van der Waals surface area contributed by atoms with E-state index in [4.69, 9.17) is 11.6 Å². The second-order valence-corrected chi connectivity index (χ2v) is 8.15. The number of piperidine rings is 1. The molecule has 1 atom stereocenters. The van der Waals surface area contributed by atoms with Gasteiger partial charge >= 0.3 is 0 Å². The number of nitrogens with one attached hydrogen (secondary N) is 2. The van der Waals surface area contributed by atoms with Gasteiger partial charge in [-0.1, -0.05) is 25.4 Å². The Hall–Kier alpha value is -0.620. The standard InChI is InChI=1S/C16H24ClN3OS/c1-11(2)9-12-10-18-16(19-12)4-6-20(7-5-16)15(21)14-13(17)3-8-22-14/h3,8,11-12,18-19H,4-7,9-10H2,1-2H3. The van der Waals surface area contributed by atoms with E-state index in [2.05, 4.69) is 24.5 Å². The molecule has 3 heterocycles.